The smallest absolute Gasteiger partial charge is 0.407 e. The summed E-state index contributed by atoms with van der Waals surface area (Å²) >= 11 is 0. The first-order valence-electron chi connectivity index (χ1n) is 6.62. The van der Waals surface area contributed by atoms with Crippen LogP contribution in [0.1, 0.15) is 32.4 Å². The van der Waals surface area contributed by atoms with Crippen LogP contribution in [0.5, 0.6) is 5.75 Å². The van der Waals surface area contributed by atoms with E-state index >= 15 is 0 Å². The van der Waals surface area contributed by atoms with Gasteiger partial charge in [0.1, 0.15) is 17.4 Å². The summed E-state index contributed by atoms with van der Waals surface area (Å²) in [4.78, 5) is 0. The zero-order valence-corrected chi connectivity index (χ0v) is 12.2. The van der Waals surface area contributed by atoms with Crippen LogP contribution in [0.3, 0.4) is 0 Å². The molecule has 0 aliphatic rings. The number of benzene rings is 2. The van der Waals surface area contributed by atoms with Crippen LogP contribution >= 0.6 is 0 Å². The van der Waals surface area contributed by atoms with Gasteiger partial charge in [0.15, 0.2) is 0 Å². The van der Waals surface area contributed by atoms with Gasteiger partial charge in [0.25, 0.3) is 0 Å². The molecule has 0 radical (unpaired) electrons. The van der Waals surface area contributed by atoms with Crippen molar-refractivity contribution in [2.75, 3.05) is 0 Å². The van der Waals surface area contributed by atoms with Crippen LogP contribution in [0.2, 0.25) is 0 Å². The fourth-order valence-electron chi connectivity index (χ4n) is 2.17. The Bertz CT molecular complexity index is 644. The molecule has 114 valence electrons. The SMILES string of the molecule is CC(C)(C)Oc1cccc2c([C@H](N)C(F)(F)F)cccc12. The van der Waals surface area contributed by atoms with Crippen molar-refractivity contribution in [3.8, 4) is 5.75 Å². The lowest BCUT2D eigenvalue weighted by Crippen LogP contribution is -2.28. The molecule has 2 nitrogen and oxygen atoms in total. The van der Waals surface area contributed by atoms with Gasteiger partial charge in [-0.25, -0.2) is 0 Å². The van der Waals surface area contributed by atoms with Gasteiger partial charge in [0.2, 0.25) is 0 Å². The maximum atomic E-state index is 12.9. The highest BCUT2D eigenvalue weighted by Gasteiger charge is 2.38. The number of ether oxygens (including phenoxy) is 1. The third-order valence-corrected chi connectivity index (χ3v) is 3.02. The second-order valence-corrected chi connectivity index (χ2v) is 5.93. The van der Waals surface area contributed by atoms with Gasteiger partial charge in [0.05, 0.1) is 0 Å². The number of alkyl halides is 3. The van der Waals surface area contributed by atoms with Crippen molar-refractivity contribution in [2.24, 2.45) is 5.73 Å². The minimum atomic E-state index is -4.48. The molecule has 0 unspecified atom stereocenters. The van der Waals surface area contributed by atoms with Crippen molar-refractivity contribution in [1.82, 2.24) is 0 Å². The molecule has 2 rings (SSSR count). The van der Waals surface area contributed by atoms with E-state index in [4.69, 9.17) is 10.5 Å². The van der Waals surface area contributed by atoms with Crippen LogP contribution in [0, 0.1) is 0 Å². The standard InChI is InChI=1S/C16H18F3NO/c1-15(2,3)21-13-9-5-6-10-11(13)7-4-8-12(10)14(20)16(17,18)19/h4-9,14H,20H2,1-3H3/t14-/m0/s1. The normalized spacial score (nSPS) is 14.2. The molecule has 1 atom stereocenters. The predicted octanol–water partition coefficient (Wildman–Crippen LogP) is 4.58. The number of hydrogen-bond donors (Lipinski definition) is 1. The van der Waals surface area contributed by atoms with Gasteiger partial charge in [-0.1, -0.05) is 30.3 Å². The Morgan fingerprint density at radius 3 is 2.10 bits per heavy atom. The zero-order valence-electron chi connectivity index (χ0n) is 12.2. The molecule has 0 aliphatic carbocycles. The number of fused-ring (bicyclic) bond motifs is 1. The first-order chi connectivity index (χ1) is 9.59. The Kier molecular flexibility index (Phi) is 3.89. The molecular formula is C16H18F3NO. The van der Waals surface area contributed by atoms with Crippen molar-refractivity contribution in [3.05, 3.63) is 42.0 Å². The lowest BCUT2D eigenvalue weighted by molar-refractivity contribution is -0.148. The minimum absolute atomic E-state index is 0.0550. The monoisotopic (exact) mass is 297 g/mol. The van der Waals surface area contributed by atoms with Crippen LogP contribution in [-0.2, 0) is 0 Å². The Morgan fingerprint density at radius 2 is 1.52 bits per heavy atom. The summed E-state index contributed by atoms with van der Waals surface area (Å²) in [5, 5.41) is 1.09. The summed E-state index contributed by atoms with van der Waals surface area (Å²) in [5.41, 5.74) is 4.97. The molecule has 2 aromatic carbocycles. The number of rotatable bonds is 2. The Morgan fingerprint density at radius 1 is 0.952 bits per heavy atom. The van der Waals surface area contributed by atoms with Gasteiger partial charge in [-0.2, -0.15) is 13.2 Å². The average Bonchev–Trinajstić information content (AvgIpc) is 2.35. The van der Waals surface area contributed by atoms with E-state index in [1.807, 2.05) is 20.8 Å². The van der Waals surface area contributed by atoms with Crippen LogP contribution in [-0.4, -0.2) is 11.8 Å². The molecule has 0 aromatic heterocycles. The fourth-order valence-corrected chi connectivity index (χ4v) is 2.17. The molecule has 0 aliphatic heterocycles. The minimum Gasteiger partial charge on any atom is -0.488 e. The Labute approximate surface area is 121 Å². The molecule has 0 saturated heterocycles. The highest BCUT2D eigenvalue weighted by molar-refractivity contribution is 5.91. The second-order valence-electron chi connectivity index (χ2n) is 5.93. The van der Waals surface area contributed by atoms with E-state index in [0.29, 0.717) is 16.5 Å². The molecule has 0 heterocycles. The van der Waals surface area contributed by atoms with Crippen LogP contribution in [0.15, 0.2) is 36.4 Å². The molecule has 21 heavy (non-hydrogen) atoms. The summed E-state index contributed by atoms with van der Waals surface area (Å²) in [7, 11) is 0. The van der Waals surface area contributed by atoms with E-state index in [1.165, 1.54) is 6.07 Å². The summed E-state index contributed by atoms with van der Waals surface area (Å²) in [6.45, 7) is 5.66. The summed E-state index contributed by atoms with van der Waals surface area (Å²) < 4.78 is 44.4. The van der Waals surface area contributed by atoms with E-state index in [9.17, 15) is 13.2 Å². The van der Waals surface area contributed by atoms with Gasteiger partial charge >= 0.3 is 6.18 Å². The van der Waals surface area contributed by atoms with Crippen LogP contribution in [0.4, 0.5) is 13.2 Å². The highest BCUT2D eigenvalue weighted by Crippen LogP contribution is 2.37. The molecule has 0 saturated carbocycles. The van der Waals surface area contributed by atoms with Crippen molar-refractivity contribution >= 4 is 10.8 Å². The van der Waals surface area contributed by atoms with Crippen molar-refractivity contribution in [2.45, 2.75) is 38.6 Å². The van der Waals surface area contributed by atoms with Gasteiger partial charge in [-0.05, 0) is 37.8 Å². The van der Waals surface area contributed by atoms with E-state index in [0.717, 1.165) is 0 Å². The lowest BCUT2D eigenvalue weighted by Gasteiger charge is -2.23. The molecule has 0 amide bonds. The molecule has 0 fully saturated rings. The summed E-state index contributed by atoms with van der Waals surface area (Å²) in [5.74, 6) is 0.552. The first-order valence-corrected chi connectivity index (χ1v) is 6.62. The van der Waals surface area contributed by atoms with Crippen molar-refractivity contribution in [3.63, 3.8) is 0 Å². The second kappa shape index (κ2) is 5.22. The molecular weight excluding hydrogens is 279 g/mol. The lowest BCUT2D eigenvalue weighted by atomic mass is 9.98. The molecule has 2 aromatic rings. The van der Waals surface area contributed by atoms with E-state index in [2.05, 4.69) is 0 Å². The third-order valence-electron chi connectivity index (χ3n) is 3.02. The zero-order chi connectivity index (χ0) is 15.8. The Hall–Kier alpha value is -1.75. The topological polar surface area (TPSA) is 35.2 Å². The molecule has 0 bridgehead atoms. The van der Waals surface area contributed by atoms with Crippen molar-refractivity contribution in [1.29, 1.82) is 0 Å². The van der Waals surface area contributed by atoms with E-state index in [-0.39, 0.29) is 5.56 Å². The molecule has 0 spiro atoms. The highest BCUT2D eigenvalue weighted by atomic mass is 19.4. The van der Waals surface area contributed by atoms with Gasteiger partial charge in [0, 0.05) is 5.39 Å². The largest absolute Gasteiger partial charge is 0.488 e. The van der Waals surface area contributed by atoms with Gasteiger partial charge in [-0.15, -0.1) is 0 Å². The van der Waals surface area contributed by atoms with Gasteiger partial charge < -0.3 is 10.5 Å². The first kappa shape index (κ1) is 15.6. The summed E-state index contributed by atoms with van der Waals surface area (Å²) in [6, 6.07) is 7.76. The number of nitrogens with two attached hydrogens (primary N) is 1. The van der Waals surface area contributed by atoms with Crippen LogP contribution < -0.4 is 10.5 Å². The molecule has 5 heteroatoms. The van der Waals surface area contributed by atoms with Gasteiger partial charge in [-0.3, -0.25) is 0 Å². The fraction of sp³-hybridized carbons (Fsp3) is 0.375. The third kappa shape index (κ3) is 3.47. The van der Waals surface area contributed by atoms with E-state index in [1.54, 1.807) is 30.3 Å². The average molecular weight is 297 g/mol. The maximum Gasteiger partial charge on any atom is 0.407 e. The molecule has 2 N–H and O–H groups in total. The van der Waals surface area contributed by atoms with E-state index < -0.39 is 17.8 Å². The quantitative estimate of drug-likeness (QED) is 0.880. The van der Waals surface area contributed by atoms with Crippen molar-refractivity contribution < 1.29 is 17.9 Å². The van der Waals surface area contributed by atoms with Crippen LogP contribution in [0.25, 0.3) is 10.8 Å². The summed E-state index contributed by atoms with van der Waals surface area (Å²) in [6.07, 6.45) is -4.48. The Balaban J connectivity index is 2.59. The maximum absolute atomic E-state index is 12.9. The number of hydrogen-bond acceptors (Lipinski definition) is 2. The number of halogens is 3. The predicted molar refractivity (Wildman–Crippen MR) is 77.3 cm³/mol.